The molecule has 0 saturated carbocycles. The van der Waals surface area contributed by atoms with Gasteiger partial charge >= 0.3 is 0 Å². The first kappa shape index (κ1) is 23.1. The number of likely N-dealkylation sites (tertiary alicyclic amines) is 1. The molecule has 0 bridgehead atoms. The summed E-state index contributed by atoms with van der Waals surface area (Å²) in [5.41, 5.74) is 3.57. The molecule has 8 nitrogen and oxygen atoms in total. The maximum atomic E-state index is 13.4. The lowest BCUT2D eigenvalue weighted by Gasteiger charge is -2.11. The molecular formula is C26H27N5O3S. The van der Waals surface area contributed by atoms with Crippen LogP contribution in [-0.2, 0) is 6.54 Å². The quantitative estimate of drug-likeness (QED) is 0.381. The molecule has 1 N–H and O–H groups in total. The van der Waals surface area contributed by atoms with Gasteiger partial charge in [-0.3, -0.25) is 15.0 Å². The summed E-state index contributed by atoms with van der Waals surface area (Å²) in [6.45, 7) is 3.02. The molecule has 2 aromatic carbocycles. The van der Waals surface area contributed by atoms with Crippen LogP contribution in [0.15, 0.2) is 60.1 Å². The summed E-state index contributed by atoms with van der Waals surface area (Å²) in [7, 11) is 3.17. The SMILES string of the molecule is COc1ccc(-c2nn(-c3ccccc3)cc2C(=O)Nc2nc(CN3CCCC3)cs2)cc1OC. The van der Waals surface area contributed by atoms with E-state index in [4.69, 9.17) is 14.6 Å². The van der Waals surface area contributed by atoms with Crippen LogP contribution < -0.4 is 14.8 Å². The van der Waals surface area contributed by atoms with E-state index in [-0.39, 0.29) is 5.91 Å². The molecule has 0 atom stereocenters. The molecule has 2 aromatic heterocycles. The third-order valence-corrected chi connectivity index (χ3v) is 6.80. The highest BCUT2D eigenvalue weighted by atomic mass is 32.1. The van der Waals surface area contributed by atoms with Crippen molar-refractivity contribution < 1.29 is 14.3 Å². The molecule has 3 heterocycles. The molecule has 0 aliphatic carbocycles. The second-order valence-corrected chi connectivity index (χ2v) is 9.18. The third kappa shape index (κ3) is 5.06. The van der Waals surface area contributed by atoms with Gasteiger partial charge in [-0.1, -0.05) is 18.2 Å². The Kier molecular flexibility index (Phi) is 6.78. The fraction of sp³-hybridized carbons (Fsp3) is 0.269. The first-order valence-corrected chi connectivity index (χ1v) is 12.4. The minimum atomic E-state index is -0.265. The molecule has 0 radical (unpaired) electrons. The summed E-state index contributed by atoms with van der Waals surface area (Å²) in [6, 6.07) is 15.2. The fourth-order valence-corrected chi connectivity index (χ4v) is 4.92. The van der Waals surface area contributed by atoms with E-state index in [2.05, 4.69) is 15.2 Å². The van der Waals surface area contributed by atoms with E-state index in [9.17, 15) is 4.79 Å². The standard InChI is InChI=1S/C26H27N5O3S/c1-33-22-11-10-18(14-23(22)34-2)24-21(16-31(29-24)20-8-4-3-5-9-20)25(32)28-26-27-19(17-35-26)15-30-12-6-7-13-30/h3-5,8-11,14,16-17H,6-7,12-13,15H2,1-2H3,(H,27,28,32). The number of nitrogens with one attached hydrogen (secondary N) is 1. The van der Waals surface area contributed by atoms with Crippen molar-refractivity contribution in [2.75, 3.05) is 32.6 Å². The highest BCUT2D eigenvalue weighted by Gasteiger charge is 2.21. The van der Waals surface area contributed by atoms with Gasteiger partial charge in [0.05, 0.1) is 31.2 Å². The highest BCUT2D eigenvalue weighted by Crippen LogP contribution is 2.34. The second-order valence-electron chi connectivity index (χ2n) is 8.32. The molecule has 0 unspecified atom stereocenters. The van der Waals surface area contributed by atoms with Crippen molar-refractivity contribution in [3.05, 3.63) is 71.4 Å². The molecule has 1 aliphatic heterocycles. The number of para-hydroxylation sites is 1. The van der Waals surface area contributed by atoms with Crippen molar-refractivity contribution in [3.63, 3.8) is 0 Å². The number of rotatable bonds is 8. The van der Waals surface area contributed by atoms with Gasteiger partial charge in [-0.05, 0) is 56.3 Å². The predicted molar refractivity (Wildman–Crippen MR) is 137 cm³/mol. The fourth-order valence-electron chi connectivity index (χ4n) is 4.22. The predicted octanol–water partition coefficient (Wildman–Crippen LogP) is 4.86. The summed E-state index contributed by atoms with van der Waals surface area (Å²) in [5.74, 6) is 0.911. The van der Waals surface area contributed by atoms with E-state index in [1.807, 2.05) is 53.9 Å². The Morgan fingerprint density at radius 1 is 1.06 bits per heavy atom. The summed E-state index contributed by atoms with van der Waals surface area (Å²) in [5, 5.41) is 10.3. The monoisotopic (exact) mass is 489 g/mol. The zero-order valence-electron chi connectivity index (χ0n) is 19.7. The molecular weight excluding hydrogens is 462 g/mol. The van der Waals surface area contributed by atoms with Crippen LogP contribution in [0.4, 0.5) is 5.13 Å². The number of nitrogens with zero attached hydrogens (tertiary/aromatic N) is 4. The van der Waals surface area contributed by atoms with Crippen molar-refractivity contribution in [2.45, 2.75) is 19.4 Å². The number of benzene rings is 2. The van der Waals surface area contributed by atoms with Crippen LogP contribution in [0.2, 0.25) is 0 Å². The van der Waals surface area contributed by atoms with E-state index in [0.717, 1.165) is 36.6 Å². The zero-order chi connectivity index (χ0) is 24.2. The lowest BCUT2D eigenvalue weighted by molar-refractivity contribution is 0.102. The Balaban J connectivity index is 1.46. The molecule has 4 aromatic rings. The number of hydrogen-bond acceptors (Lipinski definition) is 7. The number of carbonyl (C=O) groups excluding carboxylic acids is 1. The number of hydrogen-bond donors (Lipinski definition) is 1. The van der Waals surface area contributed by atoms with Crippen molar-refractivity contribution in [3.8, 4) is 28.4 Å². The van der Waals surface area contributed by atoms with Crippen LogP contribution in [0.25, 0.3) is 16.9 Å². The summed E-state index contributed by atoms with van der Waals surface area (Å²) in [6.07, 6.45) is 4.21. The number of ether oxygens (including phenoxy) is 2. The second kappa shape index (κ2) is 10.3. The van der Waals surface area contributed by atoms with Gasteiger partial charge < -0.3 is 9.47 Å². The zero-order valence-corrected chi connectivity index (χ0v) is 20.5. The van der Waals surface area contributed by atoms with Gasteiger partial charge in [-0.2, -0.15) is 5.10 Å². The summed E-state index contributed by atoms with van der Waals surface area (Å²) < 4.78 is 12.5. The third-order valence-electron chi connectivity index (χ3n) is 5.99. The van der Waals surface area contributed by atoms with Crippen molar-refractivity contribution in [1.29, 1.82) is 0 Å². The van der Waals surface area contributed by atoms with Gasteiger partial charge in [-0.15, -0.1) is 11.3 Å². The number of methoxy groups -OCH3 is 2. The Labute approximate surface area is 208 Å². The van der Waals surface area contributed by atoms with Crippen LogP contribution in [0.3, 0.4) is 0 Å². The molecule has 1 fully saturated rings. The molecule has 1 amide bonds. The van der Waals surface area contributed by atoms with Gasteiger partial charge in [0, 0.05) is 23.7 Å². The lowest BCUT2D eigenvalue weighted by Crippen LogP contribution is -2.18. The Bertz CT molecular complexity index is 1310. The molecule has 1 aliphatic rings. The maximum Gasteiger partial charge on any atom is 0.261 e. The Hall–Kier alpha value is -3.69. The van der Waals surface area contributed by atoms with Crippen LogP contribution in [0.1, 0.15) is 28.9 Å². The average molecular weight is 490 g/mol. The van der Waals surface area contributed by atoms with Crippen molar-refractivity contribution in [2.24, 2.45) is 0 Å². The number of anilines is 1. The highest BCUT2D eigenvalue weighted by molar-refractivity contribution is 7.14. The van der Waals surface area contributed by atoms with Gasteiger partial charge in [0.2, 0.25) is 0 Å². The normalized spacial score (nSPS) is 13.7. The number of amides is 1. The Morgan fingerprint density at radius 3 is 2.57 bits per heavy atom. The molecule has 9 heteroatoms. The molecule has 0 spiro atoms. The van der Waals surface area contributed by atoms with Gasteiger partial charge in [0.1, 0.15) is 5.69 Å². The average Bonchev–Trinajstić information content (AvgIpc) is 3.66. The first-order valence-electron chi connectivity index (χ1n) is 11.5. The van der Waals surface area contributed by atoms with Crippen LogP contribution in [0.5, 0.6) is 11.5 Å². The van der Waals surface area contributed by atoms with Crippen LogP contribution in [0, 0.1) is 0 Å². The topological polar surface area (TPSA) is 81.5 Å². The summed E-state index contributed by atoms with van der Waals surface area (Å²) >= 11 is 1.44. The van der Waals surface area contributed by atoms with Crippen LogP contribution in [-0.4, -0.2) is 52.9 Å². The van der Waals surface area contributed by atoms with E-state index in [1.54, 1.807) is 25.1 Å². The number of thiazole rings is 1. The van der Waals surface area contributed by atoms with Crippen molar-refractivity contribution >= 4 is 22.4 Å². The molecule has 35 heavy (non-hydrogen) atoms. The van der Waals surface area contributed by atoms with E-state index in [1.165, 1.54) is 24.2 Å². The van der Waals surface area contributed by atoms with Crippen LogP contribution >= 0.6 is 11.3 Å². The lowest BCUT2D eigenvalue weighted by atomic mass is 10.1. The minimum Gasteiger partial charge on any atom is -0.493 e. The van der Waals surface area contributed by atoms with E-state index < -0.39 is 0 Å². The largest absolute Gasteiger partial charge is 0.493 e. The Morgan fingerprint density at radius 2 is 1.83 bits per heavy atom. The maximum absolute atomic E-state index is 13.4. The summed E-state index contributed by atoms with van der Waals surface area (Å²) in [4.78, 5) is 20.4. The number of aromatic nitrogens is 3. The van der Waals surface area contributed by atoms with E-state index >= 15 is 0 Å². The number of carbonyl (C=O) groups is 1. The molecule has 180 valence electrons. The molecule has 5 rings (SSSR count). The minimum absolute atomic E-state index is 0.265. The van der Waals surface area contributed by atoms with Gasteiger partial charge in [0.15, 0.2) is 16.6 Å². The van der Waals surface area contributed by atoms with Crippen molar-refractivity contribution in [1.82, 2.24) is 19.7 Å². The molecule has 1 saturated heterocycles. The van der Waals surface area contributed by atoms with Gasteiger partial charge in [0.25, 0.3) is 5.91 Å². The van der Waals surface area contributed by atoms with Gasteiger partial charge in [-0.25, -0.2) is 9.67 Å². The smallest absolute Gasteiger partial charge is 0.261 e. The van der Waals surface area contributed by atoms with E-state index in [0.29, 0.717) is 27.9 Å². The first-order chi connectivity index (χ1) is 17.1.